The van der Waals surface area contributed by atoms with Crippen LogP contribution >= 0.6 is 11.6 Å². The molecule has 2 aliphatic rings. The molecule has 1 unspecified atom stereocenters. The quantitative estimate of drug-likeness (QED) is 0.131. The van der Waals surface area contributed by atoms with E-state index in [9.17, 15) is 29.1 Å². The van der Waals surface area contributed by atoms with E-state index < -0.39 is 29.7 Å². The average Bonchev–Trinajstić information content (AvgIpc) is 3.95. The molecule has 3 aromatic carbocycles. The first-order valence-electron chi connectivity index (χ1n) is 16.6. The molecule has 7 rings (SSSR count). The number of fused-ring (bicyclic) bond motifs is 1. The lowest BCUT2D eigenvalue weighted by Gasteiger charge is -2.37. The van der Waals surface area contributed by atoms with Gasteiger partial charge in [-0.05, 0) is 77.0 Å². The Kier molecular flexibility index (Phi) is 10.1. The van der Waals surface area contributed by atoms with Gasteiger partial charge in [0, 0.05) is 59.5 Å². The number of aromatic amines is 1. The number of nitrogens with one attached hydrogen (secondary N) is 4. The van der Waals surface area contributed by atoms with Gasteiger partial charge in [-0.25, -0.2) is 4.79 Å². The maximum atomic E-state index is 13.8. The molecular weight excluding hydrogens is 708 g/mol. The Morgan fingerprint density at radius 1 is 1.00 bits per heavy atom. The molecule has 53 heavy (non-hydrogen) atoms. The molecule has 0 spiro atoms. The standard InChI is InChI=1S/C35H33ClN10O7/c36-22-3-8-30(46-19-37-42-43-46)27(16-22)40-33(49)34(50)41-28(32(48)38-23-4-7-26-21(14-23)15-29(39-26)35(51)52)13-20-1-5-24(6-2-20)45-11-10-44(17-31(45)47)25-9-12-53-18-25/h1-8,14-16,19,25,28,39H,9-13,17-18H2,(H,38,48)(H,40,49)(H,41,50)(H,51,52)/t25?,28-/m0/s1. The van der Waals surface area contributed by atoms with E-state index in [-0.39, 0.29) is 34.8 Å². The zero-order valence-electron chi connectivity index (χ0n) is 28.0. The summed E-state index contributed by atoms with van der Waals surface area (Å²) in [6.45, 7) is 2.86. The largest absolute Gasteiger partial charge is 0.477 e. The topological polar surface area (TPSA) is 217 Å². The molecule has 2 atom stereocenters. The molecule has 4 amide bonds. The Hall–Kier alpha value is -6.17. The number of hydrogen-bond acceptors (Lipinski definition) is 10. The first-order chi connectivity index (χ1) is 25.6. The van der Waals surface area contributed by atoms with Crippen molar-refractivity contribution in [3.8, 4) is 5.69 Å². The monoisotopic (exact) mass is 740 g/mol. The number of carboxylic acid groups (broad SMARTS) is 1. The van der Waals surface area contributed by atoms with Crippen LogP contribution in [0.15, 0.2) is 73.1 Å². The third kappa shape index (κ3) is 8.01. The van der Waals surface area contributed by atoms with Gasteiger partial charge in [0.15, 0.2) is 0 Å². The van der Waals surface area contributed by atoms with Crippen molar-refractivity contribution in [3.63, 3.8) is 0 Å². The van der Waals surface area contributed by atoms with Crippen molar-refractivity contribution in [2.75, 3.05) is 48.4 Å². The van der Waals surface area contributed by atoms with Crippen LogP contribution in [0.5, 0.6) is 0 Å². The molecule has 0 saturated carbocycles. The molecule has 2 fully saturated rings. The summed E-state index contributed by atoms with van der Waals surface area (Å²) in [5, 5.41) is 29.0. The fourth-order valence-corrected chi connectivity index (χ4v) is 6.55. The summed E-state index contributed by atoms with van der Waals surface area (Å²) in [6.07, 6.45) is 2.19. The van der Waals surface area contributed by atoms with Gasteiger partial charge in [0.2, 0.25) is 11.8 Å². The maximum absolute atomic E-state index is 13.8. The van der Waals surface area contributed by atoms with E-state index in [0.29, 0.717) is 59.8 Å². The summed E-state index contributed by atoms with van der Waals surface area (Å²) in [5.41, 5.74) is 2.71. The van der Waals surface area contributed by atoms with E-state index in [1.807, 2.05) is 0 Å². The highest BCUT2D eigenvalue weighted by Crippen LogP contribution is 2.25. The Bertz CT molecular complexity index is 2180. The Labute approximate surface area is 306 Å². The molecule has 2 aliphatic heterocycles. The summed E-state index contributed by atoms with van der Waals surface area (Å²) in [4.78, 5) is 71.5. The molecule has 0 radical (unpaired) electrons. The Balaban J connectivity index is 1.08. The summed E-state index contributed by atoms with van der Waals surface area (Å²) in [6, 6.07) is 16.9. The zero-order chi connectivity index (χ0) is 37.1. The maximum Gasteiger partial charge on any atom is 0.352 e. The lowest BCUT2D eigenvalue weighted by Crippen LogP contribution is -2.54. The van der Waals surface area contributed by atoms with Crippen molar-refractivity contribution in [3.05, 3.63) is 89.3 Å². The summed E-state index contributed by atoms with van der Waals surface area (Å²) >= 11 is 6.16. The number of anilines is 3. The van der Waals surface area contributed by atoms with Crippen LogP contribution in [0.1, 0.15) is 22.5 Å². The Morgan fingerprint density at radius 3 is 2.55 bits per heavy atom. The summed E-state index contributed by atoms with van der Waals surface area (Å²) < 4.78 is 6.77. The minimum absolute atomic E-state index is 0.0157. The van der Waals surface area contributed by atoms with Crippen LogP contribution in [0, 0.1) is 0 Å². The number of amides is 4. The van der Waals surface area contributed by atoms with Crippen LogP contribution in [-0.2, 0) is 30.3 Å². The van der Waals surface area contributed by atoms with Gasteiger partial charge in [0.05, 0.1) is 24.5 Å². The molecule has 272 valence electrons. The average molecular weight is 741 g/mol. The lowest BCUT2D eigenvalue weighted by molar-refractivity contribution is -0.137. The molecule has 18 heteroatoms. The van der Waals surface area contributed by atoms with Gasteiger partial charge in [-0.3, -0.25) is 24.1 Å². The molecule has 2 aromatic heterocycles. The van der Waals surface area contributed by atoms with Crippen molar-refractivity contribution < 1.29 is 33.8 Å². The Morgan fingerprint density at radius 2 is 1.83 bits per heavy atom. The fraction of sp³-hybridized carbons (Fsp3) is 0.257. The van der Waals surface area contributed by atoms with Crippen molar-refractivity contribution in [2.24, 2.45) is 0 Å². The summed E-state index contributed by atoms with van der Waals surface area (Å²) in [5.74, 6) is -3.97. The third-order valence-corrected chi connectivity index (χ3v) is 9.34. The van der Waals surface area contributed by atoms with Crippen molar-refractivity contribution in [1.82, 2.24) is 35.4 Å². The number of nitrogens with zero attached hydrogens (tertiary/aromatic N) is 6. The number of rotatable bonds is 10. The number of halogens is 1. The van der Waals surface area contributed by atoms with Crippen LogP contribution in [-0.4, -0.2) is 110 Å². The molecule has 17 nitrogen and oxygen atoms in total. The van der Waals surface area contributed by atoms with Gasteiger partial charge < -0.3 is 35.7 Å². The number of tetrazole rings is 1. The second-order valence-corrected chi connectivity index (χ2v) is 13.0. The number of ether oxygens (including phenoxy) is 1. The van der Waals surface area contributed by atoms with Crippen LogP contribution in [0.4, 0.5) is 17.1 Å². The number of aromatic nitrogens is 5. The van der Waals surface area contributed by atoms with E-state index in [4.69, 9.17) is 16.3 Å². The molecule has 5 N–H and O–H groups in total. The van der Waals surface area contributed by atoms with Crippen LogP contribution < -0.4 is 20.9 Å². The number of hydrogen-bond donors (Lipinski definition) is 5. The molecule has 5 aromatic rings. The van der Waals surface area contributed by atoms with E-state index >= 15 is 0 Å². The SMILES string of the molecule is O=C(Nc1cc(Cl)ccc1-n1cnnn1)C(=O)N[C@@H](Cc1ccc(N2CCN(C3CCOC3)CC2=O)cc1)C(=O)Nc1ccc2[nH]c(C(=O)O)cc2c1. The number of piperazine rings is 1. The van der Waals surface area contributed by atoms with Crippen molar-refractivity contribution in [2.45, 2.75) is 24.9 Å². The fourth-order valence-electron chi connectivity index (χ4n) is 6.38. The smallest absolute Gasteiger partial charge is 0.352 e. The van der Waals surface area contributed by atoms with Gasteiger partial charge >= 0.3 is 17.8 Å². The highest BCUT2D eigenvalue weighted by molar-refractivity contribution is 6.40. The number of benzene rings is 3. The van der Waals surface area contributed by atoms with E-state index in [1.54, 1.807) is 59.5 Å². The van der Waals surface area contributed by atoms with E-state index in [2.05, 4.69) is 41.4 Å². The molecule has 2 saturated heterocycles. The first kappa shape index (κ1) is 35.2. The number of carbonyl (C=O) groups excluding carboxylic acids is 4. The second-order valence-electron chi connectivity index (χ2n) is 12.6. The minimum Gasteiger partial charge on any atom is -0.477 e. The normalized spacial score (nSPS) is 16.7. The van der Waals surface area contributed by atoms with Crippen molar-refractivity contribution in [1.29, 1.82) is 0 Å². The highest BCUT2D eigenvalue weighted by Gasteiger charge is 2.32. The van der Waals surface area contributed by atoms with Crippen LogP contribution in [0.2, 0.25) is 5.02 Å². The zero-order valence-corrected chi connectivity index (χ0v) is 28.7. The van der Waals surface area contributed by atoms with E-state index in [0.717, 1.165) is 13.0 Å². The number of carbonyl (C=O) groups is 5. The molecule has 0 bridgehead atoms. The van der Waals surface area contributed by atoms with Gasteiger partial charge in [-0.1, -0.05) is 23.7 Å². The summed E-state index contributed by atoms with van der Waals surface area (Å²) in [7, 11) is 0. The van der Waals surface area contributed by atoms with Gasteiger partial charge in [-0.15, -0.1) is 5.10 Å². The number of aromatic carboxylic acids is 1. The van der Waals surface area contributed by atoms with Crippen LogP contribution in [0.3, 0.4) is 0 Å². The van der Waals surface area contributed by atoms with Gasteiger partial charge in [-0.2, -0.15) is 4.68 Å². The predicted octanol–water partition coefficient (Wildman–Crippen LogP) is 2.24. The molecular formula is C35H33ClN10O7. The van der Waals surface area contributed by atoms with Gasteiger partial charge in [0.25, 0.3) is 0 Å². The highest BCUT2D eigenvalue weighted by atomic mass is 35.5. The third-order valence-electron chi connectivity index (χ3n) is 9.11. The number of H-pyrrole nitrogens is 1. The minimum atomic E-state index is -1.24. The van der Waals surface area contributed by atoms with Crippen LogP contribution in [0.25, 0.3) is 16.6 Å². The number of carboxylic acids is 1. The lowest BCUT2D eigenvalue weighted by atomic mass is 10.0. The predicted molar refractivity (Wildman–Crippen MR) is 192 cm³/mol. The van der Waals surface area contributed by atoms with E-state index in [1.165, 1.54) is 23.1 Å². The molecule has 4 heterocycles. The first-order valence-corrected chi connectivity index (χ1v) is 17.0. The van der Waals surface area contributed by atoms with Gasteiger partial charge in [0.1, 0.15) is 18.1 Å². The van der Waals surface area contributed by atoms with Crippen molar-refractivity contribution >= 4 is 69.2 Å². The second kappa shape index (κ2) is 15.2. The molecule has 0 aliphatic carbocycles.